The van der Waals surface area contributed by atoms with E-state index in [2.05, 4.69) is 26.7 Å². The molecule has 2 heterocycles. The fraction of sp³-hybridized carbons (Fsp3) is 0.290. The lowest BCUT2D eigenvalue weighted by atomic mass is 10.1. The van der Waals surface area contributed by atoms with Crippen LogP contribution in [0.3, 0.4) is 0 Å². The first-order chi connectivity index (χ1) is 20.8. The number of aryl methyl sites for hydroxylation is 1. The van der Waals surface area contributed by atoms with Crippen molar-refractivity contribution < 1.29 is 27.9 Å². The van der Waals surface area contributed by atoms with E-state index in [4.69, 9.17) is 18.5 Å². The van der Waals surface area contributed by atoms with Gasteiger partial charge in [-0.15, -0.1) is 0 Å². The SMILES string of the molecule is CCOc1cc2ncc(C#N)c(Nc3ccc(OCc4ccccn4)c(C)c3)c2cc1NC(=O)CP(=O)(OCC)OCC. The molecular formula is C31H34N5O6P. The molecule has 4 aromatic rings. The van der Waals surface area contributed by atoms with Crippen molar-refractivity contribution in [2.75, 3.05) is 36.6 Å². The topological polar surface area (TPSA) is 145 Å². The lowest BCUT2D eigenvalue weighted by Crippen LogP contribution is -2.19. The predicted molar refractivity (Wildman–Crippen MR) is 165 cm³/mol. The van der Waals surface area contributed by atoms with Crippen LogP contribution in [0.4, 0.5) is 17.1 Å². The number of aromatic nitrogens is 2. The van der Waals surface area contributed by atoms with E-state index < -0.39 is 19.7 Å². The highest BCUT2D eigenvalue weighted by Crippen LogP contribution is 2.48. The zero-order valence-corrected chi connectivity index (χ0v) is 25.4. The molecule has 43 heavy (non-hydrogen) atoms. The number of fused-ring (bicyclic) bond motifs is 1. The molecule has 0 saturated carbocycles. The minimum absolute atomic E-state index is 0.138. The Labute approximate surface area is 250 Å². The van der Waals surface area contributed by atoms with Crippen LogP contribution < -0.4 is 20.1 Å². The molecule has 0 aliphatic heterocycles. The molecule has 0 saturated heterocycles. The molecule has 4 rings (SSSR count). The third-order valence-electron chi connectivity index (χ3n) is 6.20. The van der Waals surface area contributed by atoms with Gasteiger partial charge >= 0.3 is 7.60 Å². The molecule has 2 aromatic heterocycles. The second-order valence-electron chi connectivity index (χ2n) is 9.32. The average molecular weight is 604 g/mol. The summed E-state index contributed by atoms with van der Waals surface area (Å²) >= 11 is 0. The van der Waals surface area contributed by atoms with E-state index in [1.54, 1.807) is 32.2 Å². The van der Waals surface area contributed by atoms with E-state index in [0.717, 1.165) is 16.9 Å². The van der Waals surface area contributed by atoms with Crippen molar-refractivity contribution in [3.8, 4) is 17.6 Å². The lowest BCUT2D eigenvalue weighted by Gasteiger charge is -2.19. The minimum atomic E-state index is -3.63. The highest BCUT2D eigenvalue weighted by Gasteiger charge is 2.28. The number of pyridine rings is 2. The smallest absolute Gasteiger partial charge is 0.340 e. The molecule has 0 spiro atoms. The van der Waals surface area contributed by atoms with Crippen molar-refractivity contribution in [3.63, 3.8) is 0 Å². The number of nitriles is 1. The number of carbonyl (C=O) groups excluding carboxylic acids is 1. The molecule has 11 nitrogen and oxygen atoms in total. The van der Waals surface area contributed by atoms with Crippen molar-refractivity contribution in [2.24, 2.45) is 0 Å². The van der Waals surface area contributed by atoms with Gasteiger partial charge < -0.3 is 29.2 Å². The third kappa shape index (κ3) is 8.08. The van der Waals surface area contributed by atoms with E-state index in [-0.39, 0.29) is 13.2 Å². The Bertz CT molecular complexity index is 1670. The van der Waals surface area contributed by atoms with Gasteiger partial charge in [0.1, 0.15) is 30.3 Å². The quantitative estimate of drug-likeness (QED) is 0.149. The number of nitrogens with zero attached hydrogens (tertiary/aromatic N) is 3. The van der Waals surface area contributed by atoms with E-state index >= 15 is 0 Å². The monoisotopic (exact) mass is 603 g/mol. The number of anilines is 3. The van der Waals surface area contributed by atoms with Crippen LogP contribution in [0.5, 0.6) is 11.5 Å². The normalized spacial score (nSPS) is 11.1. The van der Waals surface area contributed by atoms with E-state index in [1.165, 1.54) is 6.20 Å². The number of hydrogen-bond acceptors (Lipinski definition) is 10. The summed E-state index contributed by atoms with van der Waals surface area (Å²) in [5.41, 5.74) is 4.11. The Kier molecular flexibility index (Phi) is 10.7. The van der Waals surface area contributed by atoms with Crippen LogP contribution in [0.15, 0.2) is 60.9 Å². The number of benzene rings is 2. The average Bonchev–Trinajstić information content (AvgIpc) is 2.98. The summed E-state index contributed by atoms with van der Waals surface area (Å²) in [6, 6.07) is 16.8. The van der Waals surface area contributed by atoms with Gasteiger partial charge in [-0.25, -0.2) is 0 Å². The van der Waals surface area contributed by atoms with Crippen LogP contribution in [-0.4, -0.2) is 41.9 Å². The third-order valence-corrected chi connectivity index (χ3v) is 8.18. The number of carbonyl (C=O) groups is 1. The van der Waals surface area contributed by atoms with Crippen LogP contribution >= 0.6 is 7.60 Å². The summed E-state index contributed by atoms with van der Waals surface area (Å²) in [6.07, 6.45) is 2.74. The molecule has 0 aliphatic carbocycles. The standard InChI is InChI=1S/C31H34N5O6P/c1-5-39-29-16-26-25(15-27(29)36-30(37)20-43(38,41-6-2)42-7-3)31(22(17-32)18-34-26)35-23-11-12-28(21(4)14-23)40-19-24-10-8-9-13-33-24/h8-16,18H,5-7,19-20H2,1-4H3,(H,34,35)(H,36,37). The van der Waals surface area contributed by atoms with Crippen LogP contribution in [0.25, 0.3) is 10.9 Å². The van der Waals surface area contributed by atoms with Crippen molar-refractivity contribution in [2.45, 2.75) is 34.3 Å². The molecule has 0 fully saturated rings. The van der Waals surface area contributed by atoms with Crippen LogP contribution in [-0.2, 0) is 25.0 Å². The summed E-state index contributed by atoms with van der Waals surface area (Å²) in [4.78, 5) is 21.7. The summed E-state index contributed by atoms with van der Waals surface area (Å²) in [7, 11) is -3.63. The van der Waals surface area contributed by atoms with E-state index in [1.807, 2.05) is 50.2 Å². The molecule has 0 radical (unpaired) electrons. The second-order valence-corrected chi connectivity index (χ2v) is 11.4. The summed E-state index contributed by atoms with van der Waals surface area (Å²) in [6.45, 7) is 8.05. The van der Waals surface area contributed by atoms with Crippen LogP contribution in [0, 0.1) is 18.3 Å². The highest BCUT2D eigenvalue weighted by molar-refractivity contribution is 7.54. The zero-order chi connectivity index (χ0) is 30.8. The Morgan fingerprint density at radius 3 is 2.42 bits per heavy atom. The van der Waals surface area contributed by atoms with Crippen molar-refractivity contribution in [1.82, 2.24) is 9.97 Å². The van der Waals surface area contributed by atoms with Crippen molar-refractivity contribution in [3.05, 3.63) is 77.7 Å². The lowest BCUT2D eigenvalue weighted by molar-refractivity contribution is -0.114. The minimum Gasteiger partial charge on any atom is -0.492 e. The summed E-state index contributed by atoms with van der Waals surface area (Å²) < 4.78 is 35.2. The van der Waals surface area contributed by atoms with E-state index in [0.29, 0.717) is 52.6 Å². The summed E-state index contributed by atoms with van der Waals surface area (Å²) in [5.74, 6) is 0.514. The molecule has 12 heteroatoms. The largest absolute Gasteiger partial charge is 0.492 e. The number of nitrogens with one attached hydrogen (secondary N) is 2. The Hall–Kier alpha value is -4.49. The van der Waals surface area contributed by atoms with Gasteiger partial charge in [0.25, 0.3) is 0 Å². The van der Waals surface area contributed by atoms with Crippen molar-refractivity contribution in [1.29, 1.82) is 5.26 Å². The first-order valence-corrected chi connectivity index (χ1v) is 15.6. The van der Waals surface area contributed by atoms with Gasteiger partial charge in [-0.2, -0.15) is 5.26 Å². The number of amides is 1. The second kappa shape index (κ2) is 14.6. The van der Waals surface area contributed by atoms with Gasteiger partial charge in [0, 0.05) is 29.5 Å². The molecule has 224 valence electrons. The molecule has 2 aromatic carbocycles. The maximum absolute atomic E-state index is 13.0. The Morgan fingerprint density at radius 2 is 1.77 bits per heavy atom. The zero-order valence-electron chi connectivity index (χ0n) is 24.5. The first kappa shape index (κ1) is 31.4. The Balaban J connectivity index is 1.65. The van der Waals surface area contributed by atoms with Crippen LogP contribution in [0.2, 0.25) is 0 Å². The number of hydrogen-bond donors (Lipinski definition) is 2. The molecule has 0 atom stereocenters. The maximum Gasteiger partial charge on any atom is 0.340 e. The highest BCUT2D eigenvalue weighted by atomic mass is 31.2. The number of ether oxygens (including phenoxy) is 2. The van der Waals surface area contributed by atoms with Gasteiger partial charge in [0.2, 0.25) is 5.91 Å². The van der Waals surface area contributed by atoms with Gasteiger partial charge in [0.05, 0.1) is 48.0 Å². The summed E-state index contributed by atoms with van der Waals surface area (Å²) in [5, 5.41) is 16.6. The van der Waals surface area contributed by atoms with E-state index in [9.17, 15) is 14.6 Å². The fourth-order valence-electron chi connectivity index (χ4n) is 4.37. The molecule has 0 bridgehead atoms. The van der Waals surface area contributed by atoms with Gasteiger partial charge in [-0.1, -0.05) is 6.07 Å². The molecule has 0 unspecified atom stereocenters. The first-order valence-electron chi connectivity index (χ1n) is 13.9. The molecular weight excluding hydrogens is 569 g/mol. The van der Waals surface area contributed by atoms with Gasteiger partial charge in [-0.3, -0.25) is 19.3 Å². The molecule has 0 aliphatic rings. The van der Waals surface area contributed by atoms with Gasteiger partial charge in [0.15, 0.2) is 0 Å². The predicted octanol–water partition coefficient (Wildman–Crippen LogP) is 6.74. The van der Waals surface area contributed by atoms with Gasteiger partial charge in [-0.05, 0) is 69.7 Å². The molecule has 1 amide bonds. The number of rotatable bonds is 14. The maximum atomic E-state index is 13.0. The van der Waals surface area contributed by atoms with Crippen molar-refractivity contribution >= 4 is 41.5 Å². The van der Waals surface area contributed by atoms with Crippen LogP contribution in [0.1, 0.15) is 37.6 Å². The molecule has 2 N–H and O–H groups in total. The Morgan fingerprint density at radius 1 is 0.977 bits per heavy atom. The fourth-order valence-corrected chi connectivity index (χ4v) is 5.84.